The second-order valence-electron chi connectivity index (χ2n) is 8.00. The van der Waals surface area contributed by atoms with Crippen molar-refractivity contribution in [3.05, 3.63) is 34.6 Å². The van der Waals surface area contributed by atoms with E-state index in [4.69, 9.17) is 4.52 Å². The van der Waals surface area contributed by atoms with Crippen molar-refractivity contribution in [2.24, 2.45) is 5.92 Å². The van der Waals surface area contributed by atoms with Gasteiger partial charge in [-0.25, -0.2) is 9.97 Å². The van der Waals surface area contributed by atoms with Crippen LogP contribution in [0, 0.1) is 5.92 Å². The van der Waals surface area contributed by atoms with Crippen molar-refractivity contribution >= 4 is 11.7 Å². The van der Waals surface area contributed by atoms with Crippen molar-refractivity contribution < 1.29 is 9.32 Å². The summed E-state index contributed by atoms with van der Waals surface area (Å²) in [7, 11) is 2.05. The van der Waals surface area contributed by atoms with Gasteiger partial charge in [0, 0.05) is 37.1 Å². The summed E-state index contributed by atoms with van der Waals surface area (Å²) in [6, 6.07) is 0. The van der Waals surface area contributed by atoms with Gasteiger partial charge in [0.05, 0.1) is 18.8 Å². The summed E-state index contributed by atoms with van der Waals surface area (Å²) in [5.41, 5.74) is 4.46. The monoisotopic (exact) mass is 367 g/mol. The van der Waals surface area contributed by atoms with E-state index in [0.29, 0.717) is 19.0 Å². The molecule has 0 bridgehead atoms. The van der Waals surface area contributed by atoms with Crippen LogP contribution in [-0.2, 0) is 37.1 Å². The van der Waals surface area contributed by atoms with Gasteiger partial charge in [-0.1, -0.05) is 5.16 Å². The zero-order valence-electron chi connectivity index (χ0n) is 15.8. The SMILES string of the molecule is CN(Cc1noc2c1CCCC2)c1ncnc2c1CCN(C(=O)C1CC1)C2. The molecule has 7 heteroatoms. The summed E-state index contributed by atoms with van der Waals surface area (Å²) in [6.07, 6.45) is 8.97. The van der Waals surface area contributed by atoms with E-state index in [2.05, 4.69) is 20.0 Å². The molecule has 2 aromatic rings. The van der Waals surface area contributed by atoms with Crippen LogP contribution in [0.5, 0.6) is 0 Å². The van der Waals surface area contributed by atoms with Gasteiger partial charge in [-0.2, -0.15) is 0 Å². The highest BCUT2D eigenvalue weighted by molar-refractivity contribution is 5.81. The third-order valence-electron chi connectivity index (χ3n) is 6.00. The van der Waals surface area contributed by atoms with Crippen molar-refractivity contribution in [3.8, 4) is 0 Å². The molecule has 5 rings (SSSR count). The Morgan fingerprint density at radius 1 is 1.22 bits per heavy atom. The Kier molecular flexibility index (Phi) is 4.10. The zero-order chi connectivity index (χ0) is 18.4. The summed E-state index contributed by atoms with van der Waals surface area (Å²) < 4.78 is 5.55. The molecule has 3 aliphatic rings. The lowest BCUT2D eigenvalue weighted by Gasteiger charge is -2.31. The summed E-state index contributed by atoms with van der Waals surface area (Å²) in [4.78, 5) is 25.5. The van der Waals surface area contributed by atoms with Crippen LogP contribution in [0.4, 0.5) is 5.82 Å². The lowest BCUT2D eigenvalue weighted by atomic mass is 9.96. The molecule has 0 N–H and O–H groups in total. The number of carbonyl (C=O) groups excluding carboxylic acids is 1. The lowest BCUT2D eigenvalue weighted by molar-refractivity contribution is -0.133. The Morgan fingerprint density at radius 2 is 2.07 bits per heavy atom. The quantitative estimate of drug-likeness (QED) is 0.825. The highest BCUT2D eigenvalue weighted by Gasteiger charge is 2.35. The molecule has 0 saturated heterocycles. The molecule has 142 valence electrons. The van der Waals surface area contributed by atoms with Crippen LogP contribution in [0.2, 0.25) is 0 Å². The molecule has 0 spiro atoms. The van der Waals surface area contributed by atoms with E-state index >= 15 is 0 Å². The minimum Gasteiger partial charge on any atom is -0.361 e. The van der Waals surface area contributed by atoms with E-state index in [0.717, 1.165) is 67.2 Å². The number of aromatic nitrogens is 3. The van der Waals surface area contributed by atoms with Crippen LogP contribution in [0.1, 0.15) is 54.0 Å². The van der Waals surface area contributed by atoms with Gasteiger partial charge >= 0.3 is 0 Å². The maximum absolute atomic E-state index is 12.4. The number of hydrogen-bond acceptors (Lipinski definition) is 6. The zero-order valence-corrected chi connectivity index (χ0v) is 15.8. The second kappa shape index (κ2) is 6.62. The average molecular weight is 367 g/mol. The van der Waals surface area contributed by atoms with Gasteiger partial charge in [0.25, 0.3) is 0 Å². The molecule has 7 nitrogen and oxygen atoms in total. The van der Waals surface area contributed by atoms with Crippen molar-refractivity contribution in [1.82, 2.24) is 20.0 Å². The van der Waals surface area contributed by atoms with E-state index in [9.17, 15) is 4.79 Å². The van der Waals surface area contributed by atoms with Gasteiger partial charge in [-0.3, -0.25) is 4.79 Å². The highest BCUT2D eigenvalue weighted by atomic mass is 16.5. The van der Waals surface area contributed by atoms with Gasteiger partial charge in [0.1, 0.15) is 23.6 Å². The Bertz CT molecular complexity index is 873. The van der Waals surface area contributed by atoms with Crippen LogP contribution in [0.3, 0.4) is 0 Å². The number of rotatable bonds is 4. The van der Waals surface area contributed by atoms with Crippen LogP contribution in [0.15, 0.2) is 10.9 Å². The molecule has 1 amide bonds. The molecule has 1 fully saturated rings. The molecule has 2 aliphatic carbocycles. The van der Waals surface area contributed by atoms with Gasteiger partial charge in [0.15, 0.2) is 0 Å². The fourth-order valence-corrected chi connectivity index (χ4v) is 4.32. The van der Waals surface area contributed by atoms with Gasteiger partial charge < -0.3 is 14.3 Å². The Balaban J connectivity index is 1.36. The van der Waals surface area contributed by atoms with E-state index in [1.54, 1.807) is 6.33 Å². The molecule has 0 aromatic carbocycles. The normalized spacial score (nSPS) is 18.8. The summed E-state index contributed by atoms with van der Waals surface area (Å²) in [5, 5.41) is 4.32. The van der Waals surface area contributed by atoms with Crippen LogP contribution < -0.4 is 4.90 Å². The molecule has 2 aromatic heterocycles. The first-order valence-electron chi connectivity index (χ1n) is 9.99. The topological polar surface area (TPSA) is 75.4 Å². The minimum atomic E-state index is 0.258. The van der Waals surface area contributed by atoms with Crippen LogP contribution in [0.25, 0.3) is 0 Å². The fourth-order valence-electron chi connectivity index (χ4n) is 4.32. The van der Waals surface area contributed by atoms with E-state index in [1.807, 2.05) is 11.9 Å². The molecular formula is C20H25N5O2. The molecule has 1 aliphatic heterocycles. The molecule has 3 heterocycles. The van der Waals surface area contributed by atoms with Crippen LogP contribution >= 0.6 is 0 Å². The largest absolute Gasteiger partial charge is 0.361 e. The molecule has 27 heavy (non-hydrogen) atoms. The average Bonchev–Trinajstić information content (AvgIpc) is 3.48. The van der Waals surface area contributed by atoms with Crippen molar-refractivity contribution in [1.29, 1.82) is 0 Å². The number of fused-ring (bicyclic) bond motifs is 2. The summed E-state index contributed by atoms with van der Waals surface area (Å²) in [5.74, 6) is 2.56. The molecular weight excluding hydrogens is 342 g/mol. The van der Waals surface area contributed by atoms with Gasteiger partial charge in [-0.05, 0) is 38.5 Å². The predicted molar refractivity (Wildman–Crippen MR) is 99.1 cm³/mol. The Hall–Kier alpha value is -2.44. The molecule has 0 unspecified atom stereocenters. The second-order valence-corrected chi connectivity index (χ2v) is 8.00. The number of aryl methyl sites for hydroxylation is 1. The Labute approximate surface area is 158 Å². The highest BCUT2D eigenvalue weighted by Crippen LogP contribution is 2.34. The van der Waals surface area contributed by atoms with Crippen molar-refractivity contribution in [2.75, 3.05) is 18.5 Å². The number of nitrogens with zero attached hydrogens (tertiary/aromatic N) is 5. The molecule has 0 radical (unpaired) electrons. The van der Waals surface area contributed by atoms with Gasteiger partial charge in [-0.15, -0.1) is 0 Å². The number of anilines is 1. The third-order valence-corrected chi connectivity index (χ3v) is 6.00. The smallest absolute Gasteiger partial charge is 0.226 e. The lowest BCUT2D eigenvalue weighted by Crippen LogP contribution is -2.38. The first kappa shape index (κ1) is 16.7. The minimum absolute atomic E-state index is 0.258. The summed E-state index contributed by atoms with van der Waals surface area (Å²) >= 11 is 0. The third kappa shape index (κ3) is 3.09. The van der Waals surface area contributed by atoms with Crippen molar-refractivity contribution in [3.63, 3.8) is 0 Å². The predicted octanol–water partition coefficient (Wildman–Crippen LogP) is 2.27. The van der Waals surface area contributed by atoms with E-state index in [-0.39, 0.29) is 5.92 Å². The Morgan fingerprint density at radius 3 is 2.93 bits per heavy atom. The van der Waals surface area contributed by atoms with E-state index < -0.39 is 0 Å². The first-order chi connectivity index (χ1) is 13.2. The van der Waals surface area contributed by atoms with Crippen LogP contribution in [-0.4, -0.2) is 39.5 Å². The molecule has 0 atom stereocenters. The van der Waals surface area contributed by atoms with E-state index in [1.165, 1.54) is 18.4 Å². The maximum atomic E-state index is 12.4. The van der Waals surface area contributed by atoms with Crippen molar-refractivity contribution in [2.45, 2.75) is 58.0 Å². The van der Waals surface area contributed by atoms with Gasteiger partial charge in [0.2, 0.25) is 5.91 Å². The number of hydrogen-bond donors (Lipinski definition) is 0. The summed E-state index contributed by atoms with van der Waals surface area (Å²) in [6.45, 7) is 2.05. The standard InChI is InChI=1S/C20H25N5O2/c1-24(10-17-14-4-2-3-5-18(14)27-23-17)19-15-8-9-25(20(26)13-6-7-13)11-16(15)21-12-22-19/h12-13H,2-11H2,1H3. The maximum Gasteiger partial charge on any atom is 0.226 e. The first-order valence-corrected chi connectivity index (χ1v) is 9.99. The molecule has 1 saturated carbocycles. The number of amides is 1. The number of carbonyl (C=O) groups is 1. The fraction of sp³-hybridized carbons (Fsp3) is 0.600.